The number of nitrogens with zero attached hydrogens (tertiary/aromatic N) is 5. The summed E-state index contributed by atoms with van der Waals surface area (Å²) >= 11 is 0. The Labute approximate surface area is 138 Å². The van der Waals surface area contributed by atoms with Gasteiger partial charge in [-0.1, -0.05) is 13.8 Å². The van der Waals surface area contributed by atoms with Gasteiger partial charge in [0.1, 0.15) is 4.90 Å². The van der Waals surface area contributed by atoms with Crippen molar-refractivity contribution in [1.82, 2.24) is 24.5 Å². The minimum atomic E-state index is -4.03. The summed E-state index contributed by atoms with van der Waals surface area (Å²) in [5.74, 6) is -0.723. The number of hydrogen-bond donors (Lipinski definition) is 1. The van der Waals surface area contributed by atoms with Crippen molar-refractivity contribution in [2.75, 3.05) is 4.72 Å². The van der Waals surface area contributed by atoms with Crippen molar-refractivity contribution in [1.29, 1.82) is 0 Å². The first-order valence-electron chi connectivity index (χ1n) is 7.28. The van der Waals surface area contributed by atoms with E-state index in [-0.39, 0.29) is 10.8 Å². The maximum Gasteiger partial charge on any atom is 0.299 e. The molecular weight excluding hydrogens is 342 g/mol. The normalized spacial score (nSPS) is 12.4. The summed E-state index contributed by atoms with van der Waals surface area (Å²) in [5, 5.41) is 7.73. The lowest BCUT2D eigenvalue weighted by Crippen LogP contribution is -2.18. The van der Waals surface area contributed by atoms with Gasteiger partial charge in [-0.05, 0) is 19.8 Å². The van der Waals surface area contributed by atoms with Gasteiger partial charge in [-0.3, -0.25) is 4.68 Å². The summed E-state index contributed by atoms with van der Waals surface area (Å²) in [7, 11) is -2.69. The van der Waals surface area contributed by atoms with E-state index in [0.717, 1.165) is 4.68 Å². The first kappa shape index (κ1) is 18.3. The molecule has 0 aromatic carbocycles. The van der Waals surface area contributed by atoms with E-state index >= 15 is 0 Å². The number of alkyl halides is 2. The Hall–Kier alpha value is -2.04. The molecule has 24 heavy (non-hydrogen) atoms. The molecular formula is C13H20F2N6O2S. The van der Waals surface area contributed by atoms with E-state index in [4.69, 9.17) is 0 Å². The number of halogens is 2. The number of nitrogens with one attached hydrogen (secondary N) is 1. The molecule has 2 aromatic heterocycles. The minimum absolute atomic E-state index is 0.0183. The molecule has 2 aromatic rings. The Kier molecular flexibility index (Phi) is 4.92. The molecule has 0 saturated carbocycles. The van der Waals surface area contributed by atoms with Crippen LogP contribution < -0.4 is 4.72 Å². The molecule has 0 unspecified atom stereocenters. The van der Waals surface area contributed by atoms with Gasteiger partial charge < -0.3 is 0 Å². The fraction of sp³-hybridized carbons (Fsp3) is 0.615. The third kappa shape index (κ3) is 3.55. The van der Waals surface area contributed by atoms with Crippen molar-refractivity contribution in [3.63, 3.8) is 0 Å². The molecule has 2 rings (SSSR count). The van der Waals surface area contributed by atoms with Gasteiger partial charge in [-0.2, -0.15) is 10.1 Å². The minimum Gasteiger partial charge on any atom is -0.268 e. The van der Waals surface area contributed by atoms with Crippen LogP contribution in [-0.4, -0.2) is 33.0 Å². The summed E-state index contributed by atoms with van der Waals surface area (Å²) in [6.45, 7) is 7.79. The zero-order valence-electron chi connectivity index (χ0n) is 14.1. The smallest absolute Gasteiger partial charge is 0.268 e. The van der Waals surface area contributed by atoms with Crippen LogP contribution in [0.15, 0.2) is 4.90 Å². The molecule has 0 saturated heterocycles. The van der Waals surface area contributed by atoms with Crippen molar-refractivity contribution >= 4 is 16.0 Å². The lowest BCUT2D eigenvalue weighted by Gasteiger charge is -2.09. The predicted octanol–water partition coefficient (Wildman–Crippen LogP) is 2.02. The Morgan fingerprint density at radius 3 is 2.33 bits per heavy atom. The molecule has 2 heterocycles. The zero-order chi connectivity index (χ0) is 18.2. The van der Waals surface area contributed by atoms with Crippen molar-refractivity contribution in [2.24, 2.45) is 13.0 Å². The van der Waals surface area contributed by atoms with E-state index in [1.807, 2.05) is 13.8 Å². The van der Waals surface area contributed by atoms with Gasteiger partial charge in [0, 0.05) is 13.6 Å². The lowest BCUT2D eigenvalue weighted by atomic mass is 10.2. The molecule has 0 atom stereocenters. The molecule has 0 aliphatic rings. The maximum absolute atomic E-state index is 12.6. The van der Waals surface area contributed by atoms with Gasteiger partial charge >= 0.3 is 0 Å². The van der Waals surface area contributed by atoms with Crippen LogP contribution in [0.1, 0.15) is 37.5 Å². The molecule has 0 spiro atoms. The molecule has 0 amide bonds. The number of aryl methyl sites for hydroxylation is 2. The van der Waals surface area contributed by atoms with E-state index < -0.39 is 22.3 Å². The number of sulfonamides is 1. The van der Waals surface area contributed by atoms with Crippen LogP contribution in [0.3, 0.4) is 0 Å². The number of anilines is 1. The van der Waals surface area contributed by atoms with Gasteiger partial charge in [0.25, 0.3) is 16.4 Å². The Morgan fingerprint density at radius 1 is 1.21 bits per heavy atom. The summed E-state index contributed by atoms with van der Waals surface area (Å²) in [6, 6.07) is 0. The van der Waals surface area contributed by atoms with Gasteiger partial charge in [-0.25, -0.2) is 26.6 Å². The van der Waals surface area contributed by atoms with Crippen LogP contribution in [0.4, 0.5) is 14.7 Å². The second-order valence-corrected chi connectivity index (χ2v) is 7.52. The average molecular weight is 362 g/mol. The lowest BCUT2D eigenvalue weighted by molar-refractivity contribution is 0.140. The van der Waals surface area contributed by atoms with E-state index in [2.05, 4.69) is 19.9 Å². The summed E-state index contributed by atoms with van der Waals surface area (Å²) in [6.07, 6.45) is -2.88. The Bertz CT molecular complexity index is 841. The first-order valence-corrected chi connectivity index (χ1v) is 8.77. The second kappa shape index (κ2) is 6.46. The zero-order valence-corrected chi connectivity index (χ0v) is 14.9. The standard InChI is InChI=1S/C13H20F2N6O2S/c1-7(2)6-21-9(4)10(8(3)17-21)24(22,23)19-13-16-12(11(14)15)18-20(13)5/h7,11H,6H2,1-5H3,(H,16,18,19). The van der Waals surface area contributed by atoms with Crippen molar-refractivity contribution in [2.45, 2.75) is 45.6 Å². The van der Waals surface area contributed by atoms with Crippen LogP contribution in [0.5, 0.6) is 0 Å². The topological polar surface area (TPSA) is 94.7 Å². The van der Waals surface area contributed by atoms with Crippen LogP contribution in [-0.2, 0) is 23.6 Å². The quantitative estimate of drug-likeness (QED) is 0.848. The fourth-order valence-electron chi connectivity index (χ4n) is 2.35. The van der Waals surface area contributed by atoms with Crippen LogP contribution in [0.2, 0.25) is 0 Å². The van der Waals surface area contributed by atoms with Gasteiger partial charge in [0.15, 0.2) is 0 Å². The SMILES string of the molecule is Cc1nn(CC(C)C)c(C)c1S(=O)(=O)Nc1nc(C(F)F)nn1C. The highest BCUT2D eigenvalue weighted by Crippen LogP contribution is 2.23. The maximum atomic E-state index is 12.6. The molecule has 0 radical (unpaired) electrons. The van der Waals surface area contributed by atoms with E-state index in [0.29, 0.717) is 23.9 Å². The number of rotatable bonds is 6. The fourth-order valence-corrected chi connectivity index (χ4v) is 3.79. The number of aromatic nitrogens is 5. The van der Waals surface area contributed by atoms with E-state index in [1.54, 1.807) is 18.5 Å². The molecule has 0 fully saturated rings. The highest BCUT2D eigenvalue weighted by molar-refractivity contribution is 7.92. The van der Waals surface area contributed by atoms with Crippen molar-refractivity contribution in [3.05, 3.63) is 17.2 Å². The predicted molar refractivity (Wildman–Crippen MR) is 83.3 cm³/mol. The van der Waals surface area contributed by atoms with Crippen molar-refractivity contribution < 1.29 is 17.2 Å². The largest absolute Gasteiger partial charge is 0.299 e. The van der Waals surface area contributed by atoms with Gasteiger partial charge in [0.05, 0.1) is 11.4 Å². The summed E-state index contributed by atoms with van der Waals surface area (Å²) in [4.78, 5) is 3.54. The molecule has 8 nitrogen and oxygen atoms in total. The molecule has 1 N–H and O–H groups in total. The highest BCUT2D eigenvalue weighted by Gasteiger charge is 2.27. The van der Waals surface area contributed by atoms with Gasteiger partial charge in [-0.15, -0.1) is 5.10 Å². The summed E-state index contributed by atoms with van der Waals surface area (Å²) in [5.41, 5.74) is 0.807. The van der Waals surface area contributed by atoms with Crippen LogP contribution in [0, 0.1) is 19.8 Å². The van der Waals surface area contributed by atoms with Crippen molar-refractivity contribution in [3.8, 4) is 0 Å². The molecule has 0 aliphatic carbocycles. The molecule has 11 heteroatoms. The summed E-state index contributed by atoms with van der Waals surface area (Å²) < 4.78 is 55.3. The third-order valence-electron chi connectivity index (χ3n) is 3.32. The Morgan fingerprint density at radius 2 is 1.83 bits per heavy atom. The molecule has 0 aliphatic heterocycles. The van der Waals surface area contributed by atoms with Crippen LogP contribution in [0.25, 0.3) is 0 Å². The van der Waals surface area contributed by atoms with Gasteiger partial charge in [0.2, 0.25) is 11.8 Å². The average Bonchev–Trinajstić information content (AvgIpc) is 2.90. The molecule has 0 bridgehead atoms. The third-order valence-corrected chi connectivity index (χ3v) is 4.90. The van der Waals surface area contributed by atoms with E-state index in [1.165, 1.54) is 7.05 Å². The van der Waals surface area contributed by atoms with E-state index in [9.17, 15) is 17.2 Å². The monoisotopic (exact) mass is 362 g/mol. The number of hydrogen-bond acceptors (Lipinski definition) is 5. The molecule has 134 valence electrons. The first-order chi connectivity index (χ1) is 11.0. The van der Waals surface area contributed by atoms with Crippen LogP contribution >= 0.6 is 0 Å². The second-order valence-electron chi connectivity index (χ2n) is 5.90. The Balaban J connectivity index is 2.40. The highest BCUT2D eigenvalue weighted by atomic mass is 32.2.